The molecule has 2 saturated heterocycles. The van der Waals surface area contributed by atoms with Crippen molar-refractivity contribution in [2.75, 3.05) is 6.61 Å². The second kappa shape index (κ2) is 8.78. The van der Waals surface area contributed by atoms with E-state index < -0.39 is 84.0 Å². The van der Waals surface area contributed by atoms with Crippen LogP contribution in [0.4, 0.5) is 13.2 Å². The molecule has 0 aliphatic carbocycles. The molecule has 0 saturated carbocycles. The molecular formula is C11H14F3N2O14P3. The van der Waals surface area contributed by atoms with Crippen LogP contribution < -0.4 is 11.2 Å². The molecule has 0 aromatic carbocycles. The first kappa shape index (κ1) is 26.4. The van der Waals surface area contributed by atoms with E-state index in [1.807, 2.05) is 0 Å². The lowest BCUT2D eigenvalue weighted by molar-refractivity contribution is -0.141. The second-order valence-corrected chi connectivity index (χ2v) is 11.6. The highest BCUT2D eigenvalue weighted by Crippen LogP contribution is 2.80. The van der Waals surface area contributed by atoms with Crippen molar-refractivity contribution >= 4 is 23.5 Å². The number of aromatic amines is 1. The molecule has 1 aromatic rings. The predicted molar refractivity (Wildman–Crippen MR) is 93.5 cm³/mol. The van der Waals surface area contributed by atoms with Gasteiger partial charge in [0.2, 0.25) is 0 Å². The summed E-state index contributed by atoms with van der Waals surface area (Å²) in [5.41, 5.74) is -3.36. The number of ether oxygens (including phenoxy) is 1. The Morgan fingerprint density at radius 1 is 1.06 bits per heavy atom. The van der Waals surface area contributed by atoms with Crippen LogP contribution in [0.25, 0.3) is 0 Å². The van der Waals surface area contributed by atoms with Gasteiger partial charge in [0, 0.05) is 6.20 Å². The highest BCUT2D eigenvalue weighted by Gasteiger charge is 2.55. The third-order valence-corrected chi connectivity index (χ3v) is 9.43. The van der Waals surface area contributed by atoms with Crippen LogP contribution >= 0.6 is 23.5 Å². The summed E-state index contributed by atoms with van der Waals surface area (Å²) < 4.78 is 94.3. The van der Waals surface area contributed by atoms with Crippen LogP contribution in [-0.2, 0) is 42.4 Å². The van der Waals surface area contributed by atoms with Gasteiger partial charge in [0.1, 0.15) is 31.0 Å². The summed E-state index contributed by atoms with van der Waals surface area (Å²) in [6.07, 6.45) is -11.9. The average Bonchev–Trinajstić information content (AvgIpc) is 2.86. The average molecular weight is 548 g/mol. The number of nitrogens with one attached hydrogen (secondary N) is 1. The fourth-order valence-corrected chi connectivity index (χ4v) is 7.76. The van der Waals surface area contributed by atoms with Crippen molar-refractivity contribution in [2.45, 2.75) is 37.1 Å². The van der Waals surface area contributed by atoms with Crippen LogP contribution in [0.5, 0.6) is 0 Å². The summed E-state index contributed by atoms with van der Waals surface area (Å²) >= 11 is 0. The minimum Gasteiger partial charge on any atom is -0.387 e. The third kappa shape index (κ3) is 6.28. The Labute approximate surface area is 179 Å². The fraction of sp³-hybridized carbons (Fsp3) is 0.636. The number of aliphatic hydroxyl groups is 2. The van der Waals surface area contributed by atoms with Gasteiger partial charge in [-0.15, -0.1) is 0 Å². The SMILES string of the molecule is O=c1[nH]c(=O)n(CC(F)(F)F)cc1[C@@H]1O[C@H](COP2(=O)OP(=O)(O)OP(=O)(O)O2)[C@H](O)[C@@H]1O. The van der Waals surface area contributed by atoms with E-state index in [4.69, 9.17) is 14.5 Å². The fourth-order valence-electron chi connectivity index (χ4n) is 2.82. The van der Waals surface area contributed by atoms with Gasteiger partial charge in [-0.25, -0.2) is 18.5 Å². The molecule has 2 aliphatic heterocycles. The molecule has 2 aliphatic rings. The zero-order valence-corrected chi connectivity index (χ0v) is 18.3. The predicted octanol–water partition coefficient (Wildman–Crippen LogP) is -0.351. The zero-order chi connectivity index (χ0) is 25.0. The van der Waals surface area contributed by atoms with Gasteiger partial charge in [-0.2, -0.15) is 26.1 Å². The molecule has 33 heavy (non-hydrogen) atoms. The summed E-state index contributed by atoms with van der Waals surface area (Å²) in [6, 6.07) is 0. The number of aromatic nitrogens is 2. The van der Waals surface area contributed by atoms with Crippen molar-refractivity contribution < 1.29 is 69.1 Å². The second-order valence-electron chi connectivity index (χ2n) is 6.59. The molecule has 22 heteroatoms. The maximum Gasteiger partial charge on any atom is 0.492 e. The monoisotopic (exact) mass is 548 g/mol. The Bertz CT molecular complexity index is 1150. The highest BCUT2D eigenvalue weighted by molar-refractivity contribution is 7.74. The van der Waals surface area contributed by atoms with E-state index in [0.29, 0.717) is 6.20 Å². The molecule has 2 unspecified atom stereocenters. The first-order valence-electron chi connectivity index (χ1n) is 8.36. The van der Waals surface area contributed by atoms with Gasteiger partial charge in [0.05, 0.1) is 12.2 Å². The molecule has 5 N–H and O–H groups in total. The standard InChI is InChI=1S/C11H14F3N2O14P3/c12-11(13,14)3-16-1-4(9(19)15-10(16)20)8-7(18)6(17)5(27-8)2-26-33(25)29-31(21,22)28-32(23,24)30-33/h1,5-8,17-18H,2-3H2,(H,21,22)(H,23,24)(H,15,19,20)/t5-,6+,7+,8+/m1/s1. The molecule has 3 heterocycles. The lowest BCUT2D eigenvalue weighted by Gasteiger charge is -2.27. The van der Waals surface area contributed by atoms with Crippen molar-refractivity contribution in [2.24, 2.45) is 0 Å². The number of halogens is 3. The zero-order valence-electron chi connectivity index (χ0n) is 15.6. The number of nitrogens with zero attached hydrogens (tertiary/aromatic N) is 1. The van der Waals surface area contributed by atoms with Crippen LogP contribution in [0.3, 0.4) is 0 Å². The molecule has 0 radical (unpaired) electrons. The maximum absolute atomic E-state index is 12.6. The van der Waals surface area contributed by atoms with Crippen molar-refractivity contribution in [3.8, 4) is 0 Å². The third-order valence-electron chi connectivity index (χ3n) is 4.07. The Morgan fingerprint density at radius 3 is 2.18 bits per heavy atom. The number of aliphatic hydroxyl groups excluding tert-OH is 2. The summed E-state index contributed by atoms with van der Waals surface area (Å²) in [5.74, 6) is 0. The summed E-state index contributed by atoms with van der Waals surface area (Å²) in [4.78, 5) is 43.5. The van der Waals surface area contributed by atoms with Crippen molar-refractivity contribution in [1.82, 2.24) is 9.55 Å². The van der Waals surface area contributed by atoms with Crippen LogP contribution in [0.2, 0.25) is 0 Å². The summed E-state index contributed by atoms with van der Waals surface area (Å²) in [6.45, 7) is -2.90. The van der Waals surface area contributed by atoms with E-state index in [0.717, 1.165) is 0 Å². The number of hydrogen-bond acceptors (Lipinski definition) is 12. The van der Waals surface area contributed by atoms with E-state index in [9.17, 15) is 46.7 Å². The minimum atomic E-state index is -5.36. The lowest BCUT2D eigenvalue weighted by Crippen LogP contribution is -2.38. The first-order chi connectivity index (χ1) is 14.9. The van der Waals surface area contributed by atoms with E-state index in [1.54, 1.807) is 4.98 Å². The molecular weight excluding hydrogens is 534 g/mol. The number of H-pyrrole nitrogens is 1. The number of alkyl halides is 3. The number of phosphoric acid groups is 3. The van der Waals surface area contributed by atoms with Gasteiger partial charge in [-0.1, -0.05) is 0 Å². The molecule has 188 valence electrons. The highest BCUT2D eigenvalue weighted by atomic mass is 31.3. The largest absolute Gasteiger partial charge is 0.492 e. The van der Waals surface area contributed by atoms with Crippen LogP contribution in [0.1, 0.15) is 11.7 Å². The number of hydrogen-bond donors (Lipinski definition) is 5. The molecule has 3 rings (SSSR count). The van der Waals surface area contributed by atoms with E-state index in [-0.39, 0.29) is 4.57 Å². The lowest BCUT2D eigenvalue weighted by atomic mass is 10.0. The Hall–Kier alpha value is -1.20. The Morgan fingerprint density at radius 2 is 1.64 bits per heavy atom. The molecule has 0 spiro atoms. The smallest absolute Gasteiger partial charge is 0.387 e. The van der Waals surface area contributed by atoms with Crippen LogP contribution in [0, 0.1) is 0 Å². The minimum absolute atomic E-state index is 0.0719. The first-order valence-corrected chi connectivity index (χ1v) is 12.8. The van der Waals surface area contributed by atoms with Crippen LogP contribution in [-0.4, -0.2) is 60.6 Å². The number of rotatable bonds is 5. The molecule has 0 amide bonds. The summed E-state index contributed by atoms with van der Waals surface area (Å²) in [7, 11) is -16.0. The molecule has 16 nitrogen and oxygen atoms in total. The topological polar surface area (TPSA) is 233 Å². The molecule has 6 atom stereocenters. The van der Waals surface area contributed by atoms with Crippen molar-refractivity contribution in [3.05, 3.63) is 32.6 Å². The molecule has 1 aromatic heterocycles. The van der Waals surface area contributed by atoms with Gasteiger partial charge in [0.25, 0.3) is 5.56 Å². The quantitative estimate of drug-likeness (QED) is 0.296. The van der Waals surface area contributed by atoms with Crippen molar-refractivity contribution in [1.29, 1.82) is 0 Å². The van der Waals surface area contributed by atoms with Gasteiger partial charge in [-0.3, -0.25) is 18.9 Å². The van der Waals surface area contributed by atoms with Gasteiger partial charge >= 0.3 is 35.3 Å². The van der Waals surface area contributed by atoms with Crippen LogP contribution in [0.15, 0.2) is 15.8 Å². The van der Waals surface area contributed by atoms with Gasteiger partial charge in [-0.05, 0) is 0 Å². The van der Waals surface area contributed by atoms with E-state index in [1.165, 1.54) is 0 Å². The Kier molecular flexibility index (Phi) is 7.03. The van der Waals surface area contributed by atoms with E-state index in [2.05, 4.69) is 17.5 Å². The molecule has 2 fully saturated rings. The van der Waals surface area contributed by atoms with Crippen molar-refractivity contribution in [3.63, 3.8) is 0 Å². The summed E-state index contributed by atoms with van der Waals surface area (Å²) in [5, 5.41) is 20.2. The normalized spacial score (nSPS) is 39.6. The van der Waals surface area contributed by atoms with Gasteiger partial charge in [0.15, 0.2) is 0 Å². The molecule has 0 bridgehead atoms. The van der Waals surface area contributed by atoms with E-state index >= 15 is 0 Å². The maximum atomic E-state index is 12.6. The van der Waals surface area contributed by atoms with Gasteiger partial charge < -0.3 is 24.7 Å². The Balaban J connectivity index is 1.80.